The molecular formula is C19H26N2. The Labute approximate surface area is 128 Å². The van der Waals surface area contributed by atoms with Gasteiger partial charge in [-0.2, -0.15) is 0 Å². The summed E-state index contributed by atoms with van der Waals surface area (Å²) in [4.78, 5) is 0. The third-order valence-electron chi connectivity index (χ3n) is 4.94. The standard InChI is InChI=1S/C19H26N2/c1-14-9-8-12-19(3,4)18(14)17-13-15(2)20-21(17)16-10-6-5-7-11-16/h5-7,10-11,17,20H,2,8-9,12-13H2,1,3-4H3/t17-/m1/s1. The Morgan fingerprint density at radius 2 is 1.95 bits per heavy atom. The second-order valence-corrected chi connectivity index (χ2v) is 7.07. The van der Waals surface area contributed by atoms with Crippen LogP contribution < -0.4 is 10.4 Å². The van der Waals surface area contributed by atoms with E-state index < -0.39 is 0 Å². The average molecular weight is 282 g/mol. The van der Waals surface area contributed by atoms with Gasteiger partial charge in [0, 0.05) is 12.1 Å². The Hall–Kier alpha value is -1.70. The fourth-order valence-electron chi connectivity index (χ4n) is 4.06. The van der Waals surface area contributed by atoms with Crippen molar-refractivity contribution in [3.05, 3.63) is 53.8 Å². The first-order valence-electron chi connectivity index (χ1n) is 7.98. The predicted octanol–water partition coefficient (Wildman–Crippen LogP) is 4.81. The Bertz CT molecular complexity index is 568. The predicted molar refractivity (Wildman–Crippen MR) is 89.9 cm³/mol. The Balaban J connectivity index is 2.01. The van der Waals surface area contributed by atoms with Crippen molar-refractivity contribution >= 4 is 5.69 Å². The van der Waals surface area contributed by atoms with Gasteiger partial charge in [-0.1, -0.05) is 44.2 Å². The molecule has 3 rings (SSSR count). The number of rotatable bonds is 2. The van der Waals surface area contributed by atoms with Crippen molar-refractivity contribution in [3.8, 4) is 0 Å². The molecule has 21 heavy (non-hydrogen) atoms. The van der Waals surface area contributed by atoms with Gasteiger partial charge in [0.15, 0.2) is 0 Å². The summed E-state index contributed by atoms with van der Waals surface area (Å²) in [6.45, 7) is 11.3. The summed E-state index contributed by atoms with van der Waals surface area (Å²) in [5.41, 5.74) is 9.30. The molecule has 1 fully saturated rings. The van der Waals surface area contributed by atoms with Gasteiger partial charge in [-0.3, -0.25) is 5.01 Å². The topological polar surface area (TPSA) is 15.3 Å². The second kappa shape index (κ2) is 5.25. The molecule has 0 radical (unpaired) electrons. The second-order valence-electron chi connectivity index (χ2n) is 7.07. The molecule has 0 unspecified atom stereocenters. The van der Waals surface area contributed by atoms with E-state index in [1.165, 1.54) is 24.9 Å². The lowest BCUT2D eigenvalue weighted by atomic mass is 9.69. The third-order valence-corrected chi connectivity index (χ3v) is 4.94. The zero-order valence-electron chi connectivity index (χ0n) is 13.4. The molecule has 0 saturated carbocycles. The molecule has 2 aliphatic rings. The average Bonchev–Trinajstić information content (AvgIpc) is 2.80. The van der Waals surface area contributed by atoms with Crippen LogP contribution in [0.5, 0.6) is 0 Å². The molecule has 0 amide bonds. The van der Waals surface area contributed by atoms with Crippen LogP contribution in [0.1, 0.15) is 46.5 Å². The summed E-state index contributed by atoms with van der Waals surface area (Å²) in [7, 11) is 0. The Kier molecular flexibility index (Phi) is 3.56. The van der Waals surface area contributed by atoms with E-state index in [0.717, 1.165) is 12.1 Å². The number of allylic oxidation sites excluding steroid dienone is 1. The first-order chi connectivity index (χ1) is 9.99. The van der Waals surface area contributed by atoms with Crippen LogP contribution in [0.2, 0.25) is 0 Å². The number of hydrogen-bond donors (Lipinski definition) is 1. The van der Waals surface area contributed by atoms with Crippen molar-refractivity contribution in [2.75, 3.05) is 5.01 Å². The van der Waals surface area contributed by atoms with Gasteiger partial charge in [0.2, 0.25) is 0 Å². The summed E-state index contributed by atoms with van der Waals surface area (Å²) in [5.74, 6) is 0. The van der Waals surface area contributed by atoms with Gasteiger partial charge >= 0.3 is 0 Å². The monoisotopic (exact) mass is 282 g/mol. The highest BCUT2D eigenvalue weighted by molar-refractivity contribution is 5.52. The smallest absolute Gasteiger partial charge is 0.0776 e. The minimum atomic E-state index is 0.284. The van der Waals surface area contributed by atoms with Crippen LogP contribution >= 0.6 is 0 Å². The summed E-state index contributed by atoms with van der Waals surface area (Å²) < 4.78 is 0. The van der Waals surface area contributed by atoms with Crippen LogP contribution in [-0.4, -0.2) is 6.04 Å². The first kappa shape index (κ1) is 14.2. The number of benzene rings is 1. The molecule has 0 spiro atoms. The highest BCUT2D eigenvalue weighted by atomic mass is 15.5. The largest absolute Gasteiger partial charge is 0.302 e. The summed E-state index contributed by atoms with van der Waals surface area (Å²) in [5, 5.41) is 2.31. The number of nitrogens with one attached hydrogen (secondary N) is 1. The van der Waals surface area contributed by atoms with Crippen LogP contribution in [0.25, 0.3) is 0 Å². The van der Waals surface area contributed by atoms with Crippen molar-refractivity contribution in [2.24, 2.45) is 5.41 Å². The van der Waals surface area contributed by atoms with Gasteiger partial charge in [0.05, 0.1) is 11.7 Å². The number of anilines is 1. The third kappa shape index (κ3) is 2.59. The summed E-state index contributed by atoms with van der Waals surface area (Å²) in [6.07, 6.45) is 4.84. The normalized spacial score (nSPS) is 25.2. The first-order valence-corrected chi connectivity index (χ1v) is 7.98. The minimum absolute atomic E-state index is 0.284. The van der Waals surface area contributed by atoms with Gasteiger partial charge in [-0.05, 0) is 49.3 Å². The lowest BCUT2D eigenvalue weighted by Crippen LogP contribution is -2.42. The molecule has 1 aliphatic heterocycles. The van der Waals surface area contributed by atoms with Gasteiger partial charge in [-0.25, -0.2) is 0 Å². The molecule has 1 atom stereocenters. The van der Waals surface area contributed by atoms with E-state index in [1.54, 1.807) is 11.1 Å². The van der Waals surface area contributed by atoms with Gasteiger partial charge in [0.25, 0.3) is 0 Å². The van der Waals surface area contributed by atoms with Gasteiger partial charge in [0.1, 0.15) is 0 Å². The molecule has 0 aromatic heterocycles. The van der Waals surface area contributed by atoms with Crippen LogP contribution in [-0.2, 0) is 0 Å². The van der Waals surface area contributed by atoms with Crippen molar-refractivity contribution in [2.45, 2.75) is 52.5 Å². The molecule has 112 valence electrons. The minimum Gasteiger partial charge on any atom is -0.302 e. The molecule has 1 heterocycles. The van der Waals surface area contributed by atoms with Crippen molar-refractivity contribution < 1.29 is 0 Å². The van der Waals surface area contributed by atoms with Crippen LogP contribution in [0.4, 0.5) is 5.69 Å². The molecule has 0 bridgehead atoms. The van der Waals surface area contributed by atoms with Crippen LogP contribution in [0, 0.1) is 5.41 Å². The van der Waals surface area contributed by atoms with E-state index in [0.29, 0.717) is 6.04 Å². The summed E-state index contributed by atoms with van der Waals surface area (Å²) >= 11 is 0. The Morgan fingerprint density at radius 3 is 2.62 bits per heavy atom. The number of hydrogen-bond acceptors (Lipinski definition) is 2. The number of nitrogens with zero attached hydrogens (tertiary/aromatic N) is 1. The molecule has 2 nitrogen and oxygen atoms in total. The molecule has 1 N–H and O–H groups in total. The summed E-state index contributed by atoms with van der Waals surface area (Å²) in [6, 6.07) is 11.0. The van der Waals surface area contributed by atoms with Gasteiger partial charge in [-0.15, -0.1) is 0 Å². The zero-order valence-corrected chi connectivity index (χ0v) is 13.4. The van der Waals surface area contributed by atoms with E-state index >= 15 is 0 Å². The van der Waals surface area contributed by atoms with E-state index in [2.05, 4.69) is 68.1 Å². The molecule has 2 heteroatoms. The van der Waals surface area contributed by atoms with Crippen LogP contribution in [0.3, 0.4) is 0 Å². The fraction of sp³-hybridized carbons (Fsp3) is 0.474. The van der Waals surface area contributed by atoms with Gasteiger partial charge < -0.3 is 5.43 Å². The van der Waals surface area contributed by atoms with E-state index in [9.17, 15) is 0 Å². The van der Waals surface area contributed by atoms with E-state index in [-0.39, 0.29) is 5.41 Å². The lowest BCUT2D eigenvalue weighted by molar-refractivity contribution is 0.342. The number of hydrazine groups is 1. The molecule has 1 saturated heterocycles. The highest BCUT2D eigenvalue weighted by Crippen LogP contribution is 2.45. The molecule has 1 aromatic carbocycles. The Morgan fingerprint density at radius 1 is 1.24 bits per heavy atom. The molecule has 1 aromatic rings. The van der Waals surface area contributed by atoms with Crippen LogP contribution in [0.15, 0.2) is 53.8 Å². The quantitative estimate of drug-likeness (QED) is 0.783. The maximum atomic E-state index is 4.17. The maximum absolute atomic E-state index is 4.17. The van der Waals surface area contributed by atoms with E-state index in [1.807, 2.05) is 0 Å². The van der Waals surface area contributed by atoms with Crippen molar-refractivity contribution in [1.29, 1.82) is 0 Å². The molecule has 1 aliphatic carbocycles. The number of para-hydroxylation sites is 1. The lowest BCUT2D eigenvalue weighted by Gasteiger charge is -2.40. The van der Waals surface area contributed by atoms with E-state index in [4.69, 9.17) is 0 Å². The fourth-order valence-corrected chi connectivity index (χ4v) is 4.06. The van der Waals surface area contributed by atoms with Crippen molar-refractivity contribution in [3.63, 3.8) is 0 Å². The zero-order chi connectivity index (χ0) is 15.0. The highest BCUT2D eigenvalue weighted by Gasteiger charge is 2.39. The molecular weight excluding hydrogens is 256 g/mol. The SMILES string of the molecule is C=C1C[C@H](C2=C(C)CCCC2(C)C)N(c2ccccc2)N1. The maximum Gasteiger partial charge on any atom is 0.0776 e. The van der Waals surface area contributed by atoms with Crippen molar-refractivity contribution in [1.82, 2.24) is 5.43 Å².